The fourth-order valence-electron chi connectivity index (χ4n) is 4.61. The molecule has 4 nitrogen and oxygen atoms in total. The molecule has 0 spiro atoms. The summed E-state index contributed by atoms with van der Waals surface area (Å²) in [6, 6.07) is 21.1. The van der Waals surface area contributed by atoms with Gasteiger partial charge < -0.3 is 10.6 Å². The van der Waals surface area contributed by atoms with Crippen LogP contribution in [0.1, 0.15) is 54.8 Å². The maximum atomic E-state index is 4.50. The SMILES string of the molecule is CN=C(NC1CCN(C(C)c2ccccc2)CC1)NC1CC1c1ccccc1C.I. The van der Waals surface area contributed by atoms with Crippen molar-refractivity contribution in [2.24, 2.45) is 4.99 Å². The highest BCUT2D eigenvalue weighted by molar-refractivity contribution is 14.0. The average Bonchev–Trinajstić information content (AvgIpc) is 3.53. The molecule has 0 amide bonds. The molecule has 1 saturated heterocycles. The van der Waals surface area contributed by atoms with Gasteiger partial charge in [0, 0.05) is 44.2 Å². The average molecular weight is 518 g/mol. The van der Waals surface area contributed by atoms with Crippen LogP contribution in [0, 0.1) is 6.92 Å². The number of guanidine groups is 1. The molecule has 3 unspecified atom stereocenters. The summed E-state index contributed by atoms with van der Waals surface area (Å²) in [5, 5.41) is 7.32. The molecule has 4 rings (SSSR count). The van der Waals surface area contributed by atoms with Crippen molar-refractivity contribution in [3.8, 4) is 0 Å². The lowest BCUT2D eigenvalue weighted by molar-refractivity contribution is 0.158. The molecular weight excluding hydrogens is 483 g/mol. The molecule has 2 aliphatic rings. The maximum absolute atomic E-state index is 4.50. The first-order valence-electron chi connectivity index (χ1n) is 11.0. The van der Waals surface area contributed by atoms with Gasteiger partial charge in [0.1, 0.15) is 0 Å². The van der Waals surface area contributed by atoms with E-state index in [2.05, 4.69) is 89.0 Å². The first kappa shape index (κ1) is 23.1. The molecular formula is C25H35IN4. The van der Waals surface area contributed by atoms with Gasteiger partial charge in [-0.25, -0.2) is 0 Å². The zero-order valence-electron chi connectivity index (χ0n) is 18.3. The third kappa shape index (κ3) is 5.55. The van der Waals surface area contributed by atoms with Gasteiger partial charge in [-0.05, 0) is 49.8 Å². The number of likely N-dealkylation sites (tertiary alicyclic amines) is 1. The summed E-state index contributed by atoms with van der Waals surface area (Å²) in [6.07, 6.45) is 3.51. The van der Waals surface area contributed by atoms with Crippen molar-refractivity contribution in [3.63, 3.8) is 0 Å². The van der Waals surface area contributed by atoms with E-state index < -0.39 is 0 Å². The van der Waals surface area contributed by atoms with Crippen molar-refractivity contribution >= 4 is 29.9 Å². The van der Waals surface area contributed by atoms with Crippen molar-refractivity contribution in [2.75, 3.05) is 20.1 Å². The predicted octanol–water partition coefficient (Wildman–Crippen LogP) is 4.86. The van der Waals surface area contributed by atoms with Gasteiger partial charge in [0.2, 0.25) is 0 Å². The number of hydrogen-bond acceptors (Lipinski definition) is 2. The number of nitrogens with zero attached hydrogens (tertiary/aromatic N) is 2. The lowest BCUT2D eigenvalue weighted by Crippen LogP contribution is -2.49. The lowest BCUT2D eigenvalue weighted by atomic mass is 10.0. The predicted molar refractivity (Wildman–Crippen MR) is 137 cm³/mol. The number of piperidine rings is 1. The Morgan fingerprint density at radius 2 is 1.67 bits per heavy atom. The van der Waals surface area contributed by atoms with Crippen molar-refractivity contribution < 1.29 is 0 Å². The molecule has 1 saturated carbocycles. The molecule has 3 atom stereocenters. The highest BCUT2D eigenvalue weighted by atomic mass is 127. The van der Waals surface area contributed by atoms with Crippen LogP contribution >= 0.6 is 24.0 Å². The monoisotopic (exact) mass is 518 g/mol. The summed E-state index contributed by atoms with van der Waals surface area (Å²) < 4.78 is 0. The summed E-state index contributed by atoms with van der Waals surface area (Å²) in [4.78, 5) is 7.09. The molecule has 162 valence electrons. The van der Waals surface area contributed by atoms with Gasteiger partial charge in [-0.2, -0.15) is 0 Å². The third-order valence-electron chi connectivity index (χ3n) is 6.62. The third-order valence-corrected chi connectivity index (χ3v) is 6.62. The Labute approximate surface area is 198 Å². The summed E-state index contributed by atoms with van der Waals surface area (Å²) in [5.74, 6) is 1.57. The summed E-state index contributed by atoms with van der Waals surface area (Å²) in [6.45, 7) is 6.78. The Kier molecular flexibility index (Phi) is 8.17. The number of rotatable bonds is 5. The minimum Gasteiger partial charge on any atom is -0.354 e. The lowest BCUT2D eigenvalue weighted by Gasteiger charge is -2.37. The number of nitrogens with one attached hydrogen (secondary N) is 2. The molecule has 5 heteroatoms. The van der Waals surface area contributed by atoms with Crippen LogP contribution in [0.5, 0.6) is 0 Å². The van der Waals surface area contributed by atoms with Crippen molar-refractivity contribution in [1.82, 2.24) is 15.5 Å². The maximum Gasteiger partial charge on any atom is 0.191 e. The highest BCUT2D eigenvalue weighted by Gasteiger charge is 2.40. The van der Waals surface area contributed by atoms with E-state index >= 15 is 0 Å². The van der Waals surface area contributed by atoms with Gasteiger partial charge in [-0.3, -0.25) is 9.89 Å². The fraction of sp³-hybridized carbons (Fsp3) is 0.480. The summed E-state index contributed by atoms with van der Waals surface area (Å²) in [7, 11) is 1.88. The second-order valence-corrected chi connectivity index (χ2v) is 8.56. The van der Waals surface area contributed by atoms with Crippen LogP contribution in [0.15, 0.2) is 59.6 Å². The normalized spacial score (nSPS) is 23.4. The molecule has 0 bridgehead atoms. The molecule has 2 aromatic rings. The van der Waals surface area contributed by atoms with Crippen molar-refractivity contribution in [3.05, 3.63) is 71.3 Å². The number of halogens is 1. The second kappa shape index (κ2) is 10.6. The minimum atomic E-state index is 0. The molecule has 2 aromatic carbocycles. The van der Waals surface area contributed by atoms with Gasteiger partial charge in [-0.1, -0.05) is 54.6 Å². The van der Waals surface area contributed by atoms with E-state index in [1.54, 1.807) is 0 Å². The smallest absolute Gasteiger partial charge is 0.191 e. The van der Waals surface area contributed by atoms with Crippen molar-refractivity contribution in [2.45, 2.75) is 57.2 Å². The van der Waals surface area contributed by atoms with Crippen LogP contribution in [-0.4, -0.2) is 43.1 Å². The molecule has 0 aromatic heterocycles. The molecule has 2 N–H and O–H groups in total. The number of benzene rings is 2. The zero-order valence-corrected chi connectivity index (χ0v) is 20.7. The zero-order chi connectivity index (χ0) is 20.2. The Morgan fingerprint density at radius 1 is 1.00 bits per heavy atom. The van der Waals surface area contributed by atoms with E-state index in [1.165, 1.54) is 23.1 Å². The van der Waals surface area contributed by atoms with E-state index in [1.807, 2.05) is 7.05 Å². The summed E-state index contributed by atoms with van der Waals surface area (Å²) in [5.41, 5.74) is 4.28. The van der Waals surface area contributed by atoms with Crippen LogP contribution in [0.2, 0.25) is 0 Å². The molecule has 2 fully saturated rings. The Balaban J connectivity index is 0.00000256. The first-order chi connectivity index (χ1) is 14.2. The van der Waals surface area contributed by atoms with Gasteiger partial charge >= 0.3 is 0 Å². The minimum absolute atomic E-state index is 0. The van der Waals surface area contributed by atoms with E-state index in [0.717, 1.165) is 31.9 Å². The molecule has 1 aliphatic heterocycles. The van der Waals surface area contributed by atoms with Crippen LogP contribution in [-0.2, 0) is 0 Å². The topological polar surface area (TPSA) is 39.7 Å². The van der Waals surface area contributed by atoms with Crippen LogP contribution in [0.4, 0.5) is 0 Å². The van der Waals surface area contributed by atoms with E-state index in [9.17, 15) is 0 Å². The van der Waals surface area contributed by atoms with Crippen LogP contribution in [0.25, 0.3) is 0 Å². The quantitative estimate of drug-likeness (QED) is 0.338. The van der Waals surface area contributed by atoms with Crippen molar-refractivity contribution in [1.29, 1.82) is 0 Å². The fourth-order valence-corrected chi connectivity index (χ4v) is 4.61. The first-order valence-corrected chi connectivity index (χ1v) is 11.0. The van der Waals surface area contributed by atoms with E-state index in [0.29, 0.717) is 24.0 Å². The van der Waals surface area contributed by atoms with Gasteiger partial charge in [0.25, 0.3) is 0 Å². The Hall–Kier alpha value is -1.60. The van der Waals surface area contributed by atoms with Crippen LogP contribution < -0.4 is 10.6 Å². The highest BCUT2D eigenvalue weighted by Crippen LogP contribution is 2.42. The van der Waals surface area contributed by atoms with Gasteiger partial charge in [0.05, 0.1) is 0 Å². The molecule has 1 heterocycles. The summed E-state index contributed by atoms with van der Waals surface area (Å²) >= 11 is 0. The Morgan fingerprint density at radius 3 is 2.33 bits per heavy atom. The largest absolute Gasteiger partial charge is 0.354 e. The van der Waals surface area contributed by atoms with E-state index in [-0.39, 0.29) is 24.0 Å². The molecule has 0 radical (unpaired) electrons. The Bertz CT molecular complexity index is 830. The number of aryl methyl sites for hydroxylation is 1. The number of aliphatic imine (C=N–C) groups is 1. The van der Waals surface area contributed by atoms with Gasteiger partial charge in [-0.15, -0.1) is 24.0 Å². The second-order valence-electron chi connectivity index (χ2n) is 8.56. The molecule has 1 aliphatic carbocycles. The standard InChI is InChI=1S/C25H34N4.HI/c1-18-9-7-8-12-22(18)23-17-24(23)28-25(26-3)27-21-13-15-29(16-14-21)19(2)20-10-5-4-6-11-20;/h4-12,19,21,23-24H,13-17H2,1-3H3,(H2,26,27,28);1H. The van der Waals surface area contributed by atoms with E-state index in [4.69, 9.17) is 0 Å². The molecule has 30 heavy (non-hydrogen) atoms. The number of hydrogen-bond donors (Lipinski definition) is 2. The van der Waals surface area contributed by atoms with Gasteiger partial charge in [0.15, 0.2) is 5.96 Å². The van der Waals surface area contributed by atoms with Crippen LogP contribution in [0.3, 0.4) is 0 Å².